The van der Waals surface area contributed by atoms with Gasteiger partial charge >= 0.3 is 5.88 Å². The molecule has 0 saturated carbocycles. The van der Waals surface area contributed by atoms with Gasteiger partial charge < -0.3 is 10.5 Å². The van der Waals surface area contributed by atoms with E-state index in [4.69, 9.17) is 10.5 Å². The average molecular weight is 382 g/mol. The topological polar surface area (TPSA) is 52.0 Å². The molecule has 144 valence electrons. The van der Waals surface area contributed by atoms with Crippen LogP contribution in [0.4, 0.5) is 5.82 Å². The van der Waals surface area contributed by atoms with Crippen molar-refractivity contribution in [3.63, 3.8) is 0 Å². The standard InChI is InChI=1S/C25H23N3O/c1-2-3-15-28-16-27-25-23(24(28)26)21(18-10-5-4-6-11-18)22-19-12-8-7-9-17(19)13-14-20(22)29-25/h4-14,16,21,26H,2-3,15H2,1H3/p+1/t21-/m1/s1. The summed E-state index contributed by atoms with van der Waals surface area (Å²) in [5, 5.41) is 2.38. The lowest BCUT2D eigenvalue weighted by Gasteiger charge is -2.28. The van der Waals surface area contributed by atoms with Gasteiger partial charge in [0.15, 0.2) is 0 Å². The Morgan fingerprint density at radius 2 is 1.76 bits per heavy atom. The van der Waals surface area contributed by atoms with Gasteiger partial charge in [-0.2, -0.15) is 0 Å². The van der Waals surface area contributed by atoms with E-state index in [1.807, 2.05) is 12.1 Å². The van der Waals surface area contributed by atoms with Crippen molar-refractivity contribution in [2.75, 3.05) is 5.73 Å². The van der Waals surface area contributed by atoms with Crippen molar-refractivity contribution in [3.8, 4) is 11.6 Å². The highest BCUT2D eigenvalue weighted by atomic mass is 16.5. The highest BCUT2D eigenvalue weighted by molar-refractivity contribution is 5.90. The van der Waals surface area contributed by atoms with Crippen LogP contribution in [0.25, 0.3) is 10.8 Å². The monoisotopic (exact) mass is 382 g/mol. The Bertz CT molecular complexity index is 1190. The number of fused-ring (bicyclic) bond motifs is 4. The van der Waals surface area contributed by atoms with Crippen LogP contribution in [0.2, 0.25) is 0 Å². The van der Waals surface area contributed by atoms with Gasteiger partial charge in [0, 0.05) is 5.56 Å². The van der Waals surface area contributed by atoms with E-state index in [1.54, 1.807) is 6.33 Å². The van der Waals surface area contributed by atoms with Gasteiger partial charge in [-0.3, -0.25) is 0 Å². The van der Waals surface area contributed by atoms with Crippen molar-refractivity contribution in [1.29, 1.82) is 0 Å². The van der Waals surface area contributed by atoms with E-state index in [2.05, 4.69) is 71.1 Å². The molecule has 4 nitrogen and oxygen atoms in total. The zero-order valence-electron chi connectivity index (χ0n) is 16.5. The molecule has 0 amide bonds. The second-order valence-electron chi connectivity index (χ2n) is 7.54. The number of hydrogen-bond donors (Lipinski definition) is 1. The quantitative estimate of drug-likeness (QED) is 0.435. The van der Waals surface area contributed by atoms with Crippen LogP contribution in [-0.2, 0) is 6.54 Å². The highest BCUT2D eigenvalue weighted by Gasteiger charge is 2.37. The molecule has 0 radical (unpaired) electrons. The van der Waals surface area contributed by atoms with E-state index < -0.39 is 0 Å². The van der Waals surface area contributed by atoms with Crippen molar-refractivity contribution >= 4 is 16.6 Å². The summed E-state index contributed by atoms with van der Waals surface area (Å²) in [5.74, 6) is 2.16. The fourth-order valence-electron chi connectivity index (χ4n) is 4.27. The summed E-state index contributed by atoms with van der Waals surface area (Å²) in [6.45, 7) is 3.04. The van der Waals surface area contributed by atoms with E-state index in [-0.39, 0.29) is 5.92 Å². The summed E-state index contributed by atoms with van der Waals surface area (Å²) >= 11 is 0. The Balaban J connectivity index is 1.80. The number of benzene rings is 3. The molecule has 0 unspecified atom stereocenters. The molecule has 4 heteroatoms. The number of rotatable bonds is 4. The lowest BCUT2D eigenvalue weighted by Crippen LogP contribution is -2.39. The SMILES string of the molecule is CCCC[n+]1cnc2c(c1N)[C@H](c1ccccc1)c1c(ccc3ccccc13)O2. The molecule has 2 heterocycles. The average Bonchev–Trinajstić information content (AvgIpc) is 2.78. The molecule has 0 fully saturated rings. The fourth-order valence-corrected chi connectivity index (χ4v) is 4.27. The molecular formula is C25H24N3O+. The molecule has 1 aliphatic heterocycles. The van der Waals surface area contributed by atoms with Crippen LogP contribution in [0.3, 0.4) is 0 Å². The van der Waals surface area contributed by atoms with Gasteiger partial charge in [-0.05, 0) is 28.8 Å². The van der Waals surface area contributed by atoms with E-state index >= 15 is 0 Å². The highest BCUT2D eigenvalue weighted by Crippen LogP contribution is 2.50. The molecule has 1 atom stereocenters. The number of aromatic nitrogens is 2. The van der Waals surface area contributed by atoms with Crippen LogP contribution in [0.1, 0.15) is 42.4 Å². The minimum atomic E-state index is -0.0253. The maximum absolute atomic E-state index is 6.72. The second kappa shape index (κ2) is 7.21. The molecule has 1 aliphatic rings. The Morgan fingerprint density at radius 1 is 0.966 bits per heavy atom. The van der Waals surface area contributed by atoms with E-state index in [9.17, 15) is 0 Å². The molecule has 0 saturated heterocycles. The van der Waals surface area contributed by atoms with E-state index in [0.29, 0.717) is 5.88 Å². The lowest BCUT2D eigenvalue weighted by molar-refractivity contribution is -0.686. The van der Waals surface area contributed by atoms with Crippen molar-refractivity contribution in [1.82, 2.24) is 4.98 Å². The summed E-state index contributed by atoms with van der Waals surface area (Å²) in [7, 11) is 0. The predicted octanol–water partition coefficient (Wildman–Crippen LogP) is 5.19. The number of hydrogen-bond acceptors (Lipinski definition) is 3. The van der Waals surface area contributed by atoms with Crippen molar-refractivity contribution in [2.24, 2.45) is 0 Å². The third-order valence-corrected chi connectivity index (χ3v) is 5.73. The number of aryl methyl sites for hydroxylation is 1. The summed E-state index contributed by atoms with van der Waals surface area (Å²) in [6, 6.07) is 23.1. The molecule has 0 bridgehead atoms. The number of anilines is 1. The lowest BCUT2D eigenvalue weighted by atomic mass is 9.81. The van der Waals surface area contributed by atoms with Gasteiger partial charge in [0.05, 0.1) is 12.5 Å². The Labute approximate surface area is 170 Å². The molecule has 2 N–H and O–H groups in total. The molecule has 0 spiro atoms. The summed E-state index contributed by atoms with van der Waals surface area (Å²) in [4.78, 5) is 4.65. The predicted molar refractivity (Wildman–Crippen MR) is 115 cm³/mol. The van der Waals surface area contributed by atoms with Crippen LogP contribution in [0, 0.1) is 0 Å². The van der Waals surface area contributed by atoms with Gasteiger partial charge in [0.25, 0.3) is 0 Å². The first-order valence-corrected chi connectivity index (χ1v) is 10.2. The maximum atomic E-state index is 6.72. The fraction of sp³-hybridized carbons (Fsp3) is 0.200. The Kier molecular flexibility index (Phi) is 4.39. The van der Waals surface area contributed by atoms with Crippen molar-refractivity contribution in [2.45, 2.75) is 32.2 Å². The van der Waals surface area contributed by atoms with Crippen LogP contribution in [0.15, 0.2) is 73.1 Å². The zero-order chi connectivity index (χ0) is 19.8. The number of nitrogens with two attached hydrogens (primary N) is 1. The summed E-state index contributed by atoms with van der Waals surface area (Å²) < 4.78 is 8.33. The number of nitrogen functional groups attached to an aromatic ring is 1. The Morgan fingerprint density at radius 3 is 2.59 bits per heavy atom. The van der Waals surface area contributed by atoms with Gasteiger partial charge in [-0.15, -0.1) is 0 Å². The van der Waals surface area contributed by atoms with Crippen LogP contribution >= 0.6 is 0 Å². The first-order chi connectivity index (χ1) is 14.3. The number of ether oxygens (including phenoxy) is 1. The normalized spacial score (nSPS) is 14.9. The number of unbranched alkanes of at least 4 members (excludes halogenated alkanes) is 1. The van der Waals surface area contributed by atoms with Crippen LogP contribution < -0.4 is 15.0 Å². The first-order valence-electron chi connectivity index (χ1n) is 10.2. The van der Waals surface area contributed by atoms with Crippen molar-refractivity contribution < 1.29 is 9.30 Å². The Hall–Kier alpha value is -3.40. The van der Waals surface area contributed by atoms with E-state index in [1.165, 1.54) is 16.3 Å². The smallest absolute Gasteiger partial charge is 0.306 e. The minimum absolute atomic E-state index is 0.0253. The van der Waals surface area contributed by atoms with Gasteiger partial charge in [-0.25, -0.2) is 4.57 Å². The van der Waals surface area contributed by atoms with Crippen LogP contribution in [0.5, 0.6) is 11.6 Å². The summed E-state index contributed by atoms with van der Waals surface area (Å²) in [6.07, 6.45) is 3.97. The first kappa shape index (κ1) is 17.7. The third-order valence-electron chi connectivity index (χ3n) is 5.73. The molecule has 0 aliphatic carbocycles. The molecule has 4 aromatic rings. The molecular weight excluding hydrogens is 358 g/mol. The largest absolute Gasteiger partial charge is 0.426 e. The second-order valence-corrected chi connectivity index (χ2v) is 7.54. The third kappa shape index (κ3) is 2.92. The maximum Gasteiger partial charge on any atom is 0.306 e. The minimum Gasteiger partial charge on any atom is -0.426 e. The van der Waals surface area contributed by atoms with E-state index in [0.717, 1.165) is 42.1 Å². The van der Waals surface area contributed by atoms with Gasteiger partial charge in [0.2, 0.25) is 12.1 Å². The molecule has 3 aromatic carbocycles. The van der Waals surface area contributed by atoms with Crippen LogP contribution in [-0.4, -0.2) is 4.98 Å². The zero-order valence-corrected chi connectivity index (χ0v) is 16.5. The molecule has 5 rings (SSSR count). The molecule has 1 aromatic heterocycles. The van der Waals surface area contributed by atoms with Gasteiger partial charge in [0.1, 0.15) is 11.3 Å². The molecule has 29 heavy (non-hydrogen) atoms. The summed E-state index contributed by atoms with van der Waals surface area (Å²) in [5.41, 5.74) is 10.0. The van der Waals surface area contributed by atoms with Crippen molar-refractivity contribution in [3.05, 3.63) is 89.7 Å². The van der Waals surface area contributed by atoms with Gasteiger partial charge in [-0.1, -0.05) is 79.0 Å². The number of nitrogens with zero attached hydrogens (tertiary/aromatic N) is 2.